The SMILES string of the molecule is C=Cc1cc(C=O)c(-c2ccc(C(C)=O)nc2C(=O)OC(C)Cl)cc1OC. The van der Waals surface area contributed by atoms with Gasteiger partial charge in [0.25, 0.3) is 0 Å². The molecule has 2 aromatic rings. The first-order valence-corrected chi connectivity index (χ1v) is 8.43. The number of esters is 1. The molecule has 1 unspecified atom stereocenters. The van der Waals surface area contributed by atoms with Crippen LogP contribution in [-0.2, 0) is 4.74 Å². The van der Waals surface area contributed by atoms with Gasteiger partial charge >= 0.3 is 5.97 Å². The minimum absolute atomic E-state index is 0.0928. The normalized spacial score (nSPS) is 11.4. The molecular weight excluding hydrogens is 370 g/mol. The molecule has 0 amide bonds. The fourth-order valence-corrected chi connectivity index (χ4v) is 2.59. The molecule has 1 heterocycles. The summed E-state index contributed by atoms with van der Waals surface area (Å²) in [4.78, 5) is 39.9. The molecule has 0 fully saturated rings. The zero-order chi connectivity index (χ0) is 20.1. The molecule has 0 aliphatic heterocycles. The van der Waals surface area contributed by atoms with E-state index in [0.29, 0.717) is 34.3 Å². The van der Waals surface area contributed by atoms with Gasteiger partial charge in [-0.25, -0.2) is 9.78 Å². The molecule has 0 radical (unpaired) electrons. The van der Waals surface area contributed by atoms with Gasteiger partial charge in [-0.05, 0) is 36.8 Å². The highest BCUT2D eigenvalue weighted by atomic mass is 35.5. The summed E-state index contributed by atoms with van der Waals surface area (Å²) < 4.78 is 10.4. The van der Waals surface area contributed by atoms with Gasteiger partial charge in [0, 0.05) is 23.6 Å². The average Bonchev–Trinajstić information content (AvgIpc) is 2.65. The molecule has 0 bridgehead atoms. The topological polar surface area (TPSA) is 82.6 Å². The maximum Gasteiger partial charge on any atom is 0.359 e. The van der Waals surface area contributed by atoms with Crippen molar-refractivity contribution in [2.45, 2.75) is 19.4 Å². The Morgan fingerprint density at radius 3 is 2.44 bits per heavy atom. The summed E-state index contributed by atoms with van der Waals surface area (Å²) >= 11 is 5.74. The van der Waals surface area contributed by atoms with Crippen molar-refractivity contribution >= 4 is 35.7 Å². The number of benzene rings is 1. The van der Waals surface area contributed by atoms with Gasteiger partial charge < -0.3 is 9.47 Å². The van der Waals surface area contributed by atoms with E-state index >= 15 is 0 Å². The minimum atomic E-state index is -0.892. The number of carbonyl (C=O) groups excluding carboxylic acids is 3. The second-order valence-corrected chi connectivity index (χ2v) is 6.22. The number of Topliss-reactive ketones (excluding diaryl/α,β-unsaturated/α-hetero) is 1. The number of alkyl halides is 1. The third-order valence-electron chi connectivity index (χ3n) is 3.76. The number of aldehydes is 1. The van der Waals surface area contributed by atoms with Crippen LogP contribution in [0.2, 0.25) is 0 Å². The van der Waals surface area contributed by atoms with Crippen molar-refractivity contribution in [1.29, 1.82) is 0 Å². The number of hydrogen-bond donors (Lipinski definition) is 0. The molecule has 7 heteroatoms. The standard InChI is InChI=1S/C20H18ClNO5/c1-5-13-8-14(10-23)16(9-18(13)26-4)15-6-7-17(11(2)24)22-19(15)20(25)27-12(3)21/h5-10,12H,1H2,2-4H3. The first-order valence-electron chi connectivity index (χ1n) is 7.99. The molecule has 140 valence electrons. The summed E-state index contributed by atoms with van der Waals surface area (Å²) in [5.41, 5.74) is 0.729. The van der Waals surface area contributed by atoms with Crippen LogP contribution in [0, 0.1) is 0 Å². The molecule has 1 aromatic heterocycles. The number of aromatic nitrogens is 1. The van der Waals surface area contributed by atoms with Gasteiger partial charge in [-0.15, -0.1) is 0 Å². The quantitative estimate of drug-likeness (QED) is 0.307. The van der Waals surface area contributed by atoms with Crippen molar-refractivity contribution in [3.8, 4) is 16.9 Å². The maximum atomic E-state index is 12.5. The van der Waals surface area contributed by atoms with Crippen molar-refractivity contribution in [2.24, 2.45) is 0 Å². The first kappa shape index (κ1) is 20.3. The van der Waals surface area contributed by atoms with E-state index in [9.17, 15) is 14.4 Å². The largest absolute Gasteiger partial charge is 0.496 e. The lowest BCUT2D eigenvalue weighted by molar-refractivity contribution is 0.0466. The number of ketones is 1. The van der Waals surface area contributed by atoms with E-state index in [1.54, 1.807) is 18.2 Å². The molecular formula is C20H18ClNO5. The number of methoxy groups -OCH3 is 1. The smallest absolute Gasteiger partial charge is 0.359 e. The van der Waals surface area contributed by atoms with E-state index in [1.165, 1.54) is 33.1 Å². The molecule has 2 rings (SSSR count). The Labute approximate surface area is 161 Å². The highest BCUT2D eigenvalue weighted by Crippen LogP contribution is 2.33. The number of halogens is 1. The van der Waals surface area contributed by atoms with Crippen molar-refractivity contribution in [3.63, 3.8) is 0 Å². The molecule has 0 saturated carbocycles. The van der Waals surface area contributed by atoms with E-state index in [1.807, 2.05) is 0 Å². The zero-order valence-corrected chi connectivity index (χ0v) is 15.9. The Morgan fingerprint density at radius 1 is 1.22 bits per heavy atom. The van der Waals surface area contributed by atoms with Crippen LogP contribution in [-0.4, -0.2) is 35.7 Å². The Balaban J connectivity index is 2.77. The third kappa shape index (κ3) is 4.41. The summed E-state index contributed by atoms with van der Waals surface area (Å²) in [6.45, 7) is 6.50. The van der Waals surface area contributed by atoms with Crippen molar-refractivity contribution in [2.75, 3.05) is 7.11 Å². The third-order valence-corrected chi connectivity index (χ3v) is 3.85. The molecule has 1 atom stereocenters. The predicted octanol–water partition coefficient (Wildman–Crippen LogP) is 4.16. The van der Waals surface area contributed by atoms with Crippen LogP contribution in [0.3, 0.4) is 0 Å². The van der Waals surface area contributed by atoms with Gasteiger partial charge in [0.05, 0.1) is 7.11 Å². The second kappa shape index (κ2) is 8.60. The van der Waals surface area contributed by atoms with Crippen LogP contribution in [0.4, 0.5) is 0 Å². The Hall–Kier alpha value is -2.99. The molecule has 0 aliphatic rings. The predicted molar refractivity (Wildman–Crippen MR) is 102 cm³/mol. The van der Waals surface area contributed by atoms with Gasteiger partial charge in [-0.3, -0.25) is 9.59 Å². The number of rotatable bonds is 7. The average molecular weight is 388 g/mol. The lowest BCUT2D eigenvalue weighted by Gasteiger charge is -2.15. The highest BCUT2D eigenvalue weighted by molar-refractivity contribution is 6.20. The monoisotopic (exact) mass is 387 g/mol. The van der Waals surface area contributed by atoms with E-state index < -0.39 is 11.5 Å². The van der Waals surface area contributed by atoms with Gasteiger partial charge in [-0.1, -0.05) is 24.3 Å². The van der Waals surface area contributed by atoms with Crippen molar-refractivity contribution in [1.82, 2.24) is 4.98 Å². The molecule has 6 nitrogen and oxygen atoms in total. The molecule has 0 aliphatic carbocycles. The summed E-state index contributed by atoms with van der Waals surface area (Å²) in [5, 5.41) is 0. The van der Waals surface area contributed by atoms with Gasteiger partial charge in [0.2, 0.25) is 0 Å². The molecule has 0 saturated heterocycles. The van der Waals surface area contributed by atoms with E-state index in [4.69, 9.17) is 21.1 Å². The van der Waals surface area contributed by atoms with Crippen molar-refractivity contribution in [3.05, 3.63) is 53.4 Å². The molecule has 1 aromatic carbocycles. The van der Waals surface area contributed by atoms with Crippen LogP contribution in [0.1, 0.15) is 50.7 Å². The van der Waals surface area contributed by atoms with Crippen molar-refractivity contribution < 1.29 is 23.9 Å². The van der Waals surface area contributed by atoms with Gasteiger partial charge in [-0.2, -0.15) is 0 Å². The fourth-order valence-electron chi connectivity index (χ4n) is 2.51. The lowest BCUT2D eigenvalue weighted by Crippen LogP contribution is -2.15. The van der Waals surface area contributed by atoms with Gasteiger partial charge in [0.1, 0.15) is 11.4 Å². The summed E-state index contributed by atoms with van der Waals surface area (Å²) in [7, 11) is 1.48. The second-order valence-electron chi connectivity index (χ2n) is 5.60. The number of carbonyl (C=O) groups is 3. The number of nitrogens with zero attached hydrogens (tertiary/aromatic N) is 1. The van der Waals surface area contributed by atoms with Crippen LogP contribution < -0.4 is 4.74 Å². The lowest BCUT2D eigenvalue weighted by atomic mass is 9.95. The van der Waals surface area contributed by atoms with Crippen LogP contribution in [0.15, 0.2) is 30.8 Å². The number of ether oxygens (including phenoxy) is 2. The summed E-state index contributed by atoms with van der Waals surface area (Å²) in [5.74, 6) is -0.657. The maximum absolute atomic E-state index is 12.5. The zero-order valence-electron chi connectivity index (χ0n) is 15.1. The first-order chi connectivity index (χ1) is 12.8. The molecule has 27 heavy (non-hydrogen) atoms. The van der Waals surface area contributed by atoms with Gasteiger partial charge in [0.15, 0.2) is 23.3 Å². The molecule has 0 spiro atoms. The van der Waals surface area contributed by atoms with E-state index in [-0.39, 0.29) is 17.2 Å². The Morgan fingerprint density at radius 2 is 1.93 bits per heavy atom. The van der Waals surface area contributed by atoms with E-state index in [0.717, 1.165) is 0 Å². The minimum Gasteiger partial charge on any atom is -0.496 e. The van der Waals surface area contributed by atoms with Crippen LogP contribution >= 0.6 is 11.6 Å². The summed E-state index contributed by atoms with van der Waals surface area (Å²) in [6, 6.07) is 6.20. The molecule has 0 N–H and O–H groups in total. The van der Waals surface area contributed by atoms with Crippen LogP contribution in [0.5, 0.6) is 5.75 Å². The number of pyridine rings is 1. The fraction of sp³-hybridized carbons (Fsp3) is 0.200. The highest BCUT2D eigenvalue weighted by Gasteiger charge is 2.22. The van der Waals surface area contributed by atoms with E-state index in [2.05, 4.69) is 11.6 Å². The Bertz CT molecular complexity index is 921. The summed E-state index contributed by atoms with van der Waals surface area (Å²) in [6.07, 6.45) is 2.21. The Kier molecular flexibility index (Phi) is 6.47. The van der Waals surface area contributed by atoms with Crippen LogP contribution in [0.25, 0.3) is 17.2 Å². The number of hydrogen-bond acceptors (Lipinski definition) is 6.